The molecule has 0 bridgehead atoms. The minimum Gasteiger partial charge on any atom is -0.384 e. The number of rotatable bonds is 5. The van der Waals surface area contributed by atoms with Crippen LogP contribution in [0.15, 0.2) is 59.5 Å². The van der Waals surface area contributed by atoms with Crippen molar-refractivity contribution in [2.24, 2.45) is 0 Å². The second-order valence-corrected chi connectivity index (χ2v) is 5.13. The molecule has 0 saturated heterocycles. The first-order valence-electron chi connectivity index (χ1n) is 5.83. The van der Waals surface area contributed by atoms with E-state index in [2.05, 4.69) is 60.8 Å². The van der Waals surface area contributed by atoms with Crippen molar-refractivity contribution in [1.29, 1.82) is 0 Å². The summed E-state index contributed by atoms with van der Waals surface area (Å²) in [6.45, 7) is 3.12. The monoisotopic (exact) mass is 243 g/mol. The average molecular weight is 243 g/mol. The van der Waals surface area contributed by atoms with Crippen LogP contribution in [0.2, 0.25) is 0 Å². The Morgan fingerprint density at radius 2 is 1.82 bits per heavy atom. The minimum atomic E-state index is 0.989. The van der Waals surface area contributed by atoms with E-state index in [0.717, 1.165) is 12.3 Å². The van der Waals surface area contributed by atoms with Crippen molar-refractivity contribution >= 4 is 17.4 Å². The molecular weight excluding hydrogens is 226 g/mol. The molecule has 0 heterocycles. The van der Waals surface area contributed by atoms with E-state index >= 15 is 0 Å². The molecule has 0 aliphatic rings. The van der Waals surface area contributed by atoms with Gasteiger partial charge in [-0.2, -0.15) is 0 Å². The second kappa shape index (κ2) is 6.36. The smallest absolute Gasteiger partial charge is 0.0340 e. The molecule has 2 rings (SSSR count). The lowest BCUT2D eigenvalue weighted by Crippen LogP contribution is -2.03. The van der Waals surface area contributed by atoms with Crippen molar-refractivity contribution in [1.82, 2.24) is 0 Å². The number of benzene rings is 2. The van der Waals surface area contributed by atoms with Gasteiger partial charge in [0.1, 0.15) is 0 Å². The zero-order chi connectivity index (χ0) is 11.9. The van der Waals surface area contributed by atoms with Gasteiger partial charge >= 0.3 is 0 Å². The first-order chi connectivity index (χ1) is 8.34. The Labute approximate surface area is 107 Å². The van der Waals surface area contributed by atoms with Crippen molar-refractivity contribution in [2.75, 3.05) is 17.6 Å². The lowest BCUT2D eigenvalue weighted by Gasteiger charge is -2.06. The van der Waals surface area contributed by atoms with E-state index in [-0.39, 0.29) is 0 Å². The van der Waals surface area contributed by atoms with E-state index in [4.69, 9.17) is 0 Å². The van der Waals surface area contributed by atoms with E-state index in [1.54, 1.807) is 0 Å². The Kier molecular flexibility index (Phi) is 4.51. The summed E-state index contributed by atoms with van der Waals surface area (Å²) in [4.78, 5) is 1.35. The van der Waals surface area contributed by atoms with Crippen LogP contribution in [0.25, 0.3) is 0 Å². The molecule has 2 aromatic rings. The third-order valence-corrected chi connectivity index (χ3v) is 3.46. The predicted molar refractivity (Wildman–Crippen MR) is 76.8 cm³/mol. The maximum absolute atomic E-state index is 3.41. The first-order valence-corrected chi connectivity index (χ1v) is 6.81. The van der Waals surface area contributed by atoms with Gasteiger partial charge in [0.05, 0.1) is 0 Å². The lowest BCUT2D eigenvalue weighted by molar-refractivity contribution is 1.22. The fourth-order valence-corrected chi connectivity index (χ4v) is 2.51. The van der Waals surface area contributed by atoms with Crippen molar-refractivity contribution in [3.8, 4) is 0 Å². The Bertz CT molecular complexity index is 453. The third-order valence-electron chi connectivity index (χ3n) is 2.46. The van der Waals surface area contributed by atoms with Crippen LogP contribution in [0.1, 0.15) is 5.56 Å². The van der Waals surface area contributed by atoms with Crippen LogP contribution < -0.4 is 5.32 Å². The number of anilines is 1. The number of nitrogens with one attached hydrogen (secondary N) is 1. The molecule has 17 heavy (non-hydrogen) atoms. The summed E-state index contributed by atoms with van der Waals surface area (Å²) in [5, 5.41) is 3.41. The quantitative estimate of drug-likeness (QED) is 0.624. The van der Waals surface area contributed by atoms with E-state index in [1.165, 1.54) is 16.1 Å². The summed E-state index contributed by atoms with van der Waals surface area (Å²) in [7, 11) is 0. The number of hydrogen-bond donors (Lipinski definition) is 1. The Balaban J connectivity index is 1.73. The third kappa shape index (κ3) is 4.16. The number of hydrogen-bond acceptors (Lipinski definition) is 2. The van der Waals surface area contributed by atoms with Gasteiger partial charge in [-0.1, -0.05) is 35.9 Å². The average Bonchev–Trinajstić information content (AvgIpc) is 2.36. The summed E-state index contributed by atoms with van der Waals surface area (Å²) in [5.74, 6) is 1.08. The summed E-state index contributed by atoms with van der Waals surface area (Å²) >= 11 is 1.89. The lowest BCUT2D eigenvalue weighted by atomic mass is 10.2. The van der Waals surface area contributed by atoms with Crippen LogP contribution in [0.3, 0.4) is 0 Å². The Morgan fingerprint density at radius 1 is 1.00 bits per heavy atom. The van der Waals surface area contributed by atoms with Crippen molar-refractivity contribution in [3.63, 3.8) is 0 Å². The highest BCUT2D eigenvalue weighted by molar-refractivity contribution is 7.99. The molecule has 1 nitrogen and oxygen atoms in total. The van der Waals surface area contributed by atoms with Gasteiger partial charge in [0.2, 0.25) is 0 Å². The van der Waals surface area contributed by atoms with Crippen molar-refractivity contribution < 1.29 is 0 Å². The number of para-hydroxylation sites is 1. The topological polar surface area (TPSA) is 12.0 Å². The SMILES string of the molecule is Cc1cccc(SCCNc2ccccc2)c1. The molecule has 2 aromatic carbocycles. The van der Waals surface area contributed by atoms with Crippen molar-refractivity contribution in [3.05, 3.63) is 60.2 Å². The standard InChI is InChI=1S/C15H17NS/c1-13-6-5-9-15(12-13)17-11-10-16-14-7-3-2-4-8-14/h2-9,12,16H,10-11H2,1H3. The molecule has 0 atom stereocenters. The fourth-order valence-electron chi connectivity index (χ4n) is 1.63. The molecule has 1 N–H and O–H groups in total. The van der Waals surface area contributed by atoms with Gasteiger partial charge in [-0.05, 0) is 31.2 Å². The molecule has 0 unspecified atom stereocenters. The maximum Gasteiger partial charge on any atom is 0.0340 e. The van der Waals surface area contributed by atoms with Crippen LogP contribution in [-0.4, -0.2) is 12.3 Å². The molecule has 0 aromatic heterocycles. The molecular formula is C15H17NS. The molecule has 0 aliphatic heterocycles. The van der Waals surface area contributed by atoms with Gasteiger partial charge in [0, 0.05) is 22.9 Å². The Hall–Kier alpha value is -1.41. The molecule has 88 valence electrons. The molecule has 0 radical (unpaired) electrons. The summed E-state index contributed by atoms with van der Waals surface area (Å²) in [6.07, 6.45) is 0. The number of thioether (sulfide) groups is 1. The predicted octanol–water partition coefficient (Wildman–Crippen LogP) is 4.20. The van der Waals surface area contributed by atoms with E-state index in [0.29, 0.717) is 0 Å². The van der Waals surface area contributed by atoms with Crippen molar-refractivity contribution in [2.45, 2.75) is 11.8 Å². The zero-order valence-electron chi connectivity index (χ0n) is 10.0. The van der Waals surface area contributed by atoms with E-state index in [9.17, 15) is 0 Å². The van der Waals surface area contributed by atoms with E-state index in [1.807, 2.05) is 17.8 Å². The van der Waals surface area contributed by atoms with Gasteiger partial charge in [0.15, 0.2) is 0 Å². The van der Waals surface area contributed by atoms with Gasteiger partial charge < -0.3 is 5.32 Å². The normalized spacial score (nSPS) is 10.2. The fraction of sp³-hybridized carbons (Fsp3) is 0.200. The summed E-state index contributed by atoms with van der Waals surface area (Å²) < 4.78 is 0. The van der Waals surface area contributed by atoms with Gasteiger partial charge in [-0.3, -0.25) is 0 Å². The van der Waals surface area contributed by atoms with Crippen LogP contribution in [0, 0.1) is 6.92 Å². The highest BCUT2D eigenvalue weighted by Gasteiger charge is 1.94. The second-order valence-electron chi connectivity index (χ2n) is 3.96. The largest absolute Gasteiger partial charge is 0.384 e. The molecule has 0 fully saturated rings. The minimum absolute atomic E-state index is 0.989. The molecule has 2 heteroatoms. The first kappa shape index (κ1) is 12.1. The van der Waals surface area contributed by atoms with Gasteiger partial charge in [-0.25, -0.2) is 0 Å². The highest BCUT2D eigenvalue weighted by Crippen LogP contribution is 2.18. The Morgan fingerprint density at radius 3 is 2.59 bits per heavy atom. The van der Waals surface area contributed by atoms with Gasteiger partial charge in [-0.15, -0.1) is 11.8 Å². The maximum atomic E-state index is 3.41. The van der Waals surface area contributed by atoms with Crippen LogP contribution >= 0.6 is 11.8 Å². The van der Waals surface area contributed by atoms with Crippen LogP contribution in [0.4, 0.5) is 5.69 Å². The van der Waals surface area contributed by atoms with Crippen LogP contribution in [-0.2, 0) is 0 Å². The summed E-state index contributed by atoms with van der Waals surface area (Å²) in [6, 6.07) is 19.0. The number of aryl methyl sites for hydroxylation is 1. The molecule has 0 amide bonds. The molecule has 0 spiro atoms. The van der Waals surface area contributed by atoms with E-state index < -0.39 is 0 Å². The molecule has 0 aliphatic carbocycles. The summed E-state index contributed by atoms with van der Waals surface area (Å²) in [5.41, 5.74) is 2.52. The van der Waals surface area contributed by atoms with Gasteiger partial charge in [0.25, 0.3) is 0 Å². The van der Waals surface area contributed by atoms with Crippen LogP contribution in [0.5, 0.6) is 0 Å². The molecule has 0 saturated carbocycles. The zero-order valence-corrected chi connectivity index (χ0v) is 10.8. The highest BCUT2D eigenvalue weighted by atomic mass is 32.2.